The molecule has 0 aromatic heterocycles. The molecular formula is C11H13FO. The number of benzene rings is 1. The summed E-state index contributed by atoms with van der Waals surface area (Å²) in [5.74, 6) is 1.11. The van der Waals surface area contributed by atoms with Crippen molar-refractivity contribution in [2.75, 3.05) is 6.61 Å². The summed E-state index contributed by atoms with van der Waals surface area (Å²) in [6, 6.07) is 6.32. The molecule has 1 nitrogen and oxygen atoms in total. The molecule has 0 unspecified atom stereocenters. The lowest BCUT2D eigenvalue weighted by Gasteiger charge is -2.25. The summed E-state index contributed by atoms with van der Waals surface area (Å²) in [5.41, 5.74) is 0. The van der Waals surface area contributed by atoms with Crippen molar-refractivity contribution in [3.63, 3.8) is 0 Å². The zero-order chi connectivity index (χ0) is 9.10. The zero-order valence-electron chi connectivity index (χ0n) is 7.50. The zero-order valence-corrected chi connectivity index (χ0v) is 7.50. The second-order valence-corrected chi connectivity index (χ2v) is 3.57. The third-order valence-corrected chi connectivity index (χ3v) is 2.51. The molecular weight excluding hydrogens is 167 g/mol. The van der Waals surface area contributed by atoms with Crippen molar-refractivity contribution in [2.45, 2.75) is 19.3 Å². The molecule has 70 valence electrons. The summed E-state index contributed by atoms with van der Waals surface area (Å²) in [4.78, 5) is 0. The Kier molecular flexibility index (Phi) is 2.48. The van der Waals surface area contributed by atoms with Crippen LogP contribution in [0.4, 0.5) is 4.39 Å². The first-order valence-corrected chi connectivity index (χ1v) is 4.73. The number of ether oxygens (including phenoxy) is 1. The molecule has 0 heterocycles. The highest BCUT2D eigenvalue weighted by atomic mass is 19.1. The molecule has 1 aliphatic rings. The van der Waals surface area contributed by atoms with Gasteiger partial charge in [-0.05, 0) is 30.9 Å². The van der Waals surface area contributed by atoms with Crippen molar-refractivity contribution in [3.05, 3.63) is 30.1 Å². The average molecular weight is 180 g/mol. The lowest BCUT2D eigenvalue weighted by molar-refractivity contribution is 0.180. The summed E-state index contributed by atoms with van der Waals surface area (Å²) in [6.07, 6.45) is 3.84. The maximum Gasteiger partial charge on any atom is 0.126 e. The van der Waals surface area contributed by atoms with E-state index in [4.69, 9.17) is 4.74 Å². The molecule has 0 saturated heterocycles. The van der Waals surface area contributed by atoms with Crippen LogP contribution >= 0.6 is 0 Å². The summed E-state index contributed by atoms with van der Waals surface area (Å²) in [5, 5.41) is 0. The third-order valence-electron chi connectivity index (χ3n) is 2.51. The second kappa shape index (κ2) is 3.77. The van der Waals surface area contributed by atoms with Gasteiger partial charge in [0.1, 0.15) is 11.6 Å². The Labute approximate surface area is 77.5 Å². The molecule has 2 rings (SSSR count). The quantitative estimate of drug-likeness (QED) is 0.694. The van der Waals surface area contributed by atoms with Gasteiger partial charge in [-0.1, -0.05) is 12.5 Å². The largest absolute Gasteiger partial charge is 0.493 e. The molecule has 0 radical (unpaired) electrons. The lowest BCUT2D eigenvalue weighted by atomic mass is 9.86. The van der Waals surface area contributed by atoms with Crippen LogP contribution in [0, 0.1) is 11.7 Å². The van der Waals surface area contributed by atoms with Gasteiger partial charge in [0.25, 0.3) is 0 Å². The highest BCUT2D eigenvalue weighted by Gasteiger charge is 2.17. The molecule has 0 aliphatic heterocycles. The fourth-order valence-electron chi connectivity index (χ4n) is 1.43. The van der Waals surface area contributed by atoms with Gasteiger partial charge >= 0.3 is 0 Å². The van der Waals surface area contributed by atoms with Crippen LogP contribution in [0.1, 0.15) is 19.3 Å². The van der Waals surface area contributed by atoms with Gasteiger partial charge in [0.05, 0.1) is 6.61 Å². The normalized spacial score (nSPS) is 16.7. The summed E-state index contributed by atoms with van der Waals surface area (Å²) < 4.78 is 18.2. The van der Waals surface area contributed by atoms with E-state index in [1.54, 1.807) is 12.1 Å². The van der Waals surface area contributed by atoms with Crippen LogP contribution in [0.15, 0.2) is 24.3 Å². The number of rotatable bonds is 3. The minimum absolute atomic E-state index is 0.230. The fraction of sp³-hybridized carbons (Fsp3) is 0.455. The minimum Gasteiger partial charge on any atom is -0.493 e. The Morgan fingerprint density at radius 3 is 2.85 bits per heavy atom. The van der Waals surface area contributed by atoms with Crippen LogP contribution < -0.4 is 4.74 Å². The Morgan fingerprint density at radius 2 is 2.23 bits per heavy atom. The Morgan fingerprint density at radius 1 is 1.38 bits per heavy atom. The van der Waals surface area contributed by atoms with E-state index >= 15 is 0 Å². The second-order valence-electron chi connectivity index (χ2n) is 3.57. The van der Waals surface area contributed by atoms with Crippen molar-refractivity contribution in [1.82, 2.24) is 0 Å². The molecule has 1 aromatic carbocycles. The van der Waals surface area contributed by atoms with E-state index < -0.39 is 0 Å². The molecule has 13 heavy (non-hydrogen) atoms. The smallest absolute Gasteiger partial charge is 0.126 e. The van der Waals surface area contributed by atoms with E-state index in [9.17, 15) is 4.39 Å². The first-order valence-electron chi connectivity index (χ1n) is 4.73. The number of halogens is 1. The maximum atomic E-state index is 12.7. The first kappa shape index (κ1) is 8.54. The Balaban J connectivity index is 1.86. The SMILES string of the molecule is Fc1cccc(OCC2CCC2)c1. The molecule has 0 N–H and O–H groups in total. The molecule has 1 aliphatic carbocycles. The molecule has 1 aromatic rings. The van der Waals surface area contributed by atoms with Gasteiger partial charge in [-0.25, -0.2) is 4.39 Å². The third kappa shape index (κ3) is 2.20. The molecule has 2 heteroatoms. The minimum atomic E-state index is -0.230. The van der Waals surface area contributed by atoms with Crippen LogP contribution in [-0.2, 0) is 0 Å². The van der Waals surface area contributed by atoms with Crippen LogP contribution in [-0.4, -0.2) is 6.61 Å². The number of hydrogen-bond acceptors (Lipinski definition) is 1. The van der Waals surface area contributed by atoms with Crippen molar-refractivity contribution in [3.8, 4) is 5.75 Å². The van der Waals surface area contributed by atoms with Crippen LogP contribution in [0.3, 0.4) is 0 Å². The molecule has 0 amide bonds. The van der Waals surface area contributed by atoms with Gasteiger partial charge in [-0.2, -0.15) is 0 Å². The predicted octanol–water partition coefficient (Wildman–Crippen LogP) is 3.00. The van der Waals surface area contributed by atoms with Crippen molar-refractivity contribution < 1.29 is 9.13 Å². The van der Waals surface area contributed by atoms with Gasteiger partial charge < -0.3 is 4.74 Å². The van der Waals surface area contributed by atoms with E-state index in [1.807, 2.05) is 0 Å². The molecule has 0 atom stereocenters. The van der Waals surface area contributed by atoms with Crippen molar-refractivity contribution >= 4 is 0 Å². The van der Waals surface area contributed by atoms with E-state index in [1.165, 1.54) is 31.4 Å². The summed E-state index contributed by atoms with van der Waals surface area (Å²) in [7, 11) is 0. The van der Waals surface area contributed by atoms with E-state index in [2.05, 4.69) is 0 Å². The van der Waals surface area contributed by atoms with Gasteiger partial charge in [0, 0.05) is 6.07 Å². The van der Waals surface area contributed by atoms with Crippen LogP contribution in [0.2, 0.25) is 0 Å². The highest BCUT2D eigenvalue weighted by Crippen LogP contribution is 2.27. The van der Waals surface area contributed by atoms with Gasteiger partial charge in [-0.3, -0.25) is 0 Å². The Hall–Kier alpha value is -1.05. The first-order chi connectivity index (χ1) is 6.34. The molecule has 0 spiro atoms. The maximum absolute atomic E-state index is 12.7. The number of hydrogen-bond donors (Lipinski definition) is 0. The van der Waals surface area contributed by atoms with Gasteiger partial charge in [-0.15, -0.1) is 0 Å². The van der Waals surface area contributed by atoms with Crippen molar-refractivity contribution in [1.29, 1.82) is 0 Å². The van der Waals surface area contributed by atoms with Gasteiger partial charge in [0.15, 0.2) is 0 Å². The molecule has 1 fully saturated rings. The summed E-state index contributed by atoms with van der Waals surface area (Å²) in [6.45, 7) is 0.740. The van der Waals surface area contributed by atoms with E-state index in [-0.39, 0.29) is 5.82 Å². The average Bonchev–Trinajstić information content (AvgIpc) is 2.01. The molecule has 0 bridgehead atoms. The topological polar surface area (TPSA) is 9.23 Å². The monoisotopic (exact) mass is 180 g/mol. The van der Waals surface area contributed by atoms with E-state index in [0.717, 1.165) is 6.61 Å². The van der Waals surface area contributed by atoms with Crippen LogP contribution in [0.25, 0.3) is 0 Å². The molecule has 1 saturated carbocycles. The highest BCUT2D eigenvalue weighted by molar-refractivity contribution is 5.22. The van der Waals surface area contributed by atoms with Gasteiger partial charge in [0.2, 0.25) is 0 Å². The lowest BCUT2D eigenvalue weighted by Crippen LogP contribution is -2.19. The van der Waals surface area contributed by atoms with Crippen LogP contribution in [0.5, 0.6) is 5.75 Å². The van der Waals surface area contributed by atoms with E-state index in [0.29, 0.717) is 11.7 Å². The standard InChI is InChI=1S/C11H13FO/c12-10-5-2-6-11(7-10)13-8-9-3-1-4-9/h2,5-7,9H,1,3-4,8H2. The van der Waals surface area contributed by atoms with Crippen molar-refractivity contribution in [2.24, 2.45) is 5.92 Å². The summed E-state index contributed by atoms with van der Waals surface area (Å²) >= 11 is 0. The fourth-order valence-corrected chi connectivity index (χ4v) is 1.43. The predicted molar refractivity (Wildman–Crippen MR) is 49.2 cm³/mol. The Bertz CT molecular complexity index is 281.